The van der Waals surface area contributed by atoms with E-state index in [0.29, 0.717) is 24.3 Å². The summed E-state index contributed by atoms with van der Waals surface area (Å²) < 4.78 is 1.40. The van der Waals surface area contributed by atoms with Gasteiger partial charge in [-0.15, -0.1) is 0 Å². The summed E-state index contributed by atoms with van der Waals surface area (Å²) in [6, 6.07) is 1.81. The molecule has 0 atom stereocenters. The lowest BCUT2D eigenvalue weighted by Gasteiger charge is -2.06. The molecule has 3 heterocycles. The van der Waals surface area contributed by atoms with Crippen LogP contribution in [0.5, 0.6) is 0 Å². The highest BCUT2D eigenvalue weighted by Gasteiger charge is 2.07. The molecular weight excluding hydrogens is 272 g/mol. The number of anilines is 2. The third kappa shape index (κ3) is 3.05. The monoisotopic (exact) mass is 284 g/mol. The fraction of sp³-hybridized carbons (Fsp3) is 0.182. The molecule has 0 saturated carbocycles. The Bertz CT molecular complexity index is 739. The van der Waals surface area contributed by atoms with E-state index < -0.39 is 0 Å². The van der Waals surface area contributed by atoms with Crippen LogP contribution in [0.4, 0.5) is 11.9 Å². The first-order chi connectivity index (χ1) is 10.2. The molecule has 0 aliphatic heterocycles. The topological polar surface area (TPSA) is 133 Å². The smallest absolute Gasteiger partial charge is 0.258 e. The maximum absolute atomic E-state index is 5.67. The molecule has 0 saturated heterocycles. The Hall–Kier alpha value is -3.17. The van der Waals surface area contributed by atoms with Gasteiger partial charge in [-0.2, -0.15) is 24.7 Å². The first-order valence-corrected chi connectivity index (χ1v) is 6.09. The Labute approximate surface area is 119 Å². The summed E-state index contributed by atoms with van der Waals surface area (Å²) >= 11 is 0. The molecule has 3 rings (SSSR count). The second-order valence-corrected chi connectivity index (χ2v) is 4.11. The van der Waals surface area contributed by atoms with Crippen molar-refractivity contribution in [2.45, 2.75) is 13.5 Å². The van der Waals surface area contributed by atoms with E-state index in [1.807, 2.05) is 13.0 Å². The molecule has 0 bridgehead atoms. The largest absolute Gasteiger partial charge is 0.368 e. The van der Waals surface area contributed by atoms with Crippen LogP contribution in [-0.2, 0) is 6.54 Å². The first kappa shape index (κ1) is 12.8. The van der Waals surface area contributed by atoms with Gasteiger partial charge in [0.15, 0.2) is 0 Å². The number of nitrogens with zero attached hydrogens (tertiary/aromatic N) is 8. The van der Waals surface area contributed by atoms with Gasteiger partial charge < -0.3 is 11.1 Å². The van der Waals surface area contributed by atoms with Crippen molar-refractivity contribution in [3.63, 3.8) is 0 Å². The summed E-state index contributed by atoms with van der Waals surface area (Å²) in [5.41, 5.74) is 6.49. The Kier molecular flexibility index (Phi) is 3.33. The van der Waals surface area contributed by atoms with E-state index in [4.69, 9.17) is 5.73 Å². The van der Waals surface area contributed by atoms with Crippen molar-refractivity contribution in [1.82, 2.24) is 39.7 Å². The molecule has 0 fully saturated rings. The molecule has 21 heavy (non-hydrogen) atoms. The highest BCUT2D eigenvalue weighted by molar-refractivity contribution is 5.35. The van der Waals surface area contributed by atoms with Gasteiger partial charge in [-0.3, -0.25) is 0 Å². The fourth-order valence-corrected chi connectivity index (χ4v) is 1.65. The summed E-state index contributed by atoms with van der Waals surface area (Å²) in [7, 11) is 0. The van der Waals surface area contributed by atoms with Crippen LogP contribution in [-0.4, -0.2) is 39.7 Å². The molecule has 10 nitrogen and oxygen atoms in total. The minimum atomic E-state index is 0.0943. The highest BCUT2D eigenvalue weighted by atomic mass is 15.4. The predicted molar refractivity (Wildman–Crippen MR) is 73.3 cm³/mol. The van der Waals surface area contributed by atoms with Crippen molar-refractivity contribution in [3.8, 4) is 5.95 Å². The van der Waals surface area contributed by atoms with Crippen molar-refractivity contribution < 1.29 is 0 Å². The second-order valence-electron chi connectivity index (χ2n) is 4.11. The summed E-state index contributed by atoms with van der Waals surface area (Å²) in [4.78, 5) is 24.4. The zero-order chi connectivity index (χ0) is 14.7. The van der Waals surface area contributed by atoms with E-state index in [-0.39, 0.29) is 5.95 Å². The normalized spacial score (nSPS) is 10.5. The molecule has 3 aromatic heterocycles. The van der Waals surface area contributed by atoms with Crippen LogP contribution in [0.2, 0.25) is 0 Å². The minimum Gasteiger partial charge on any atom is -0.368 e. The average Bonchev–Trinajstić information content (AvgIpc) is 2.99. The molecule has 0 aromatic carbocycles. The molecule has 0 amide bonds. The van der Waals surface area contributed by atoms with E-state index in [0.717, 1.165) is 5.69 Å². The third-order valence-corrected chi connectivity index (χ3v) is 2.53. The number of rotatable bonds is 4. The van der Waals surface area contributed by atoms with Gasteiger partial charge in [-0.1, -0.05) is 0 Å². The van der Waals surface area contributed by atoms with Gasteiger partial charge >= 0.3 is 0 Å². The van der Waals surface area contributed by atoms with Crippen LogP contribution >= 0.6 is 0 Å². The van der Waals surface area contributed by atoms with Crippen LogP contribution < -0.4 is 11.1 Å². The summed E-state index contributed by atoms with van der Waals surface area (Å²) in [6.07, 6.45) is 4.56. The Morgan fingerprint density at radius 2 is 2.14 bits per heavy atom. The van der Waals surface area contributed by atoms with Gasteiger partial charge in [0.25, 0.3) is 5.95 Å². The molecule has 3 aromatic rings. The molecule has 0 spiro atoms. The number of hydrogen-bond donors (Lipinski definition) is 2. The van der Waals surface area contributed by atoms with Gasteiger partial charge in [0.2, 0.25) is 11.9 Å². The summed E-state index contributed by atoms with van der Waals surface area (Å²) in [6.45, 7) is 2.27. The molecule has 3 N–H and O–H groups in total. The standard InChI is InChI=1S/C11H12N10/c1-7-14-3-2-8(17-7)4-15-10-18-9(12)19-11(20-10)21-6-13-5-16-21/h2-3,5-6H,4H2,1H3,(H3,12,15,18,19,20). The lowest BCUT2D eigenvalue weighted by molar-refractivity contribution is 0.796. The number of aryl methyl sites for hydroxylation is 1. The molecule has 0 radical (unpaired) electrons. The number of aromatic nitrogens is 8. The fourth-order valence-electron chi connectivity index (χ4n) is 1.65. The quantitative estimate of drug-likeness (QED) is 0.664. The van der Waals surface area contributed by atoms with Crippen molar-refractivity contribution in [3.05, 3.63) is 36.4 Å². The van der Waals surface area contributed by atoms with Gasteiger partial charge in [-0.05, 0) is 13.0 Å². The molecule has 0 aliphatic carbocycles. The summed E-state index contributed by atoms with van der Waals surface area (Å²) in [5, 5.41) is 6.98. The molecule has 0 unspecified atom stereocenters. The zero-order valence-electron chi connectivity index (χ0n) is 11.2. The Morgan fingerprint density at radius 3 is 2.90 bits per heavy atom. The van der Waals surface area contributed by atoms with Crippen molar-refractivity contribution in [2.24, 2.45) is 0 Å². The van der Waals surface area contributed by atoms with Crippen LogP contribution in [0.3, 0.4) is 0 Å². The molecule has 106 valence electrons. The maximum Gasteiger partial charge on any atom is 0.258 e. The SMILES string of the molecule is Cc1nccc(CNc2nc(N)nc(-n3cncn3)n2)n1. The van der Waals surface area contributed by atoms with Gasteiger partial charge in [0.1, 0.15) is 18.5 Å². The first-order valence-electron chi connectivity index (χ1n) is 6.09. The van der Waals surface area contributed by atoms with Gasteiger partial charge in [0, 0.05) is 6.20 Å². The van der Waals surface area contributed by atoms with Crippen LogP contribution in [0.25, 0.3) is 5.95 Å². The van der Waals surface area contributed by atoms with Crippen LogP contribution in [0, 0.1) is 6.92 Å². The van der Waals surface area contributed by atoms with Gasteiger partial charge in [0.05, 0.1) is 12.2 Å². The Balaban J connectivity index is 1.79. The van der Waals surface area contributed by atoms with E-state index in [2.05, 4.69) is 40.3 Å². The number of nitrogens with one attached hydrogen (secondary N) is 1. The molecule has 10 heteroatoms. The Morgan fingerprint density at radius 1 is 1.24 bits per heavy atom. The average molecular weight is 284 g/mol. The maximum atomic E-state index is 5.67. The predicted octanol–water partition coefficient (Wildman–Crippen LogP) is -0.255. The van der Waals surface area contributed by atoms with E-state index in [1.165, 1.54) is 17.3 Å². The van der Waals surface area contributed by atoms with E-state index >= 15 is 0 Å². The lowest BCUT2D eigenvalue weighted by Crippen LogP contribution is -2.12. The van der Waals surface area contributed by atoms with Crippen molar-refractivity contribution in [2.75, 3.05) is 11.1 Å². The van der Waals surface area contributed by atoms with E-state index in [9.17, 15) is 0 Å². The lowest BCUT2D eigenvalue weighted by atomic mass is 10.4. The van der Waals surface area contributed by atoms with Gasteiger partial charge in [-0.25, -0.2) is 15.0 Å². The second kappa shape index (κ2) is 5.45. The summed E-state index contributed by atoms with van der Waals surface area (Å²) in [5.74, 6) is 1.43. The molecule has 0 aliphatic rings. The van der Waals surface area contributed by atoms with Crippen LogP contribution in [0.15, 0.2) is 24.9 Å². The number of hydrogen-bond acceptors (Lipinski definition) is 9. The third-order valence-electron chi connectivity index (χ3n) is 2.53. The van der Waals surface area contributed by atoms with E-state index in [1.54, 1.807) is 6.20 Å². The minimum absolute atomic E-state index is 0.0943. The molecular formula is C11H12N10. The highest BCUT2D eigenvalue weighted by Crippen LogP contribution is 2.07. The zero-order valence-corrected chi connectivity index (χ0v) is 11.2. The van der Waals surface area contributed by atoms with Crippen molar-refractivity contribution >= 4 is 11.9 Å². The number of nitrogens with two attached hydrogens (primary N) is 1. The number of nitrogen functional groups attached to an aromatic ring is 1. The van der Waals surface area contributed by atoms with Crippen molar-refractivity contribution in [1.29, 1.82) is 0 Å². The van der Waals surface area contributed by atoms with Crippen LogP contribution in [0.1, 0.15) is 11.5 Å².